The van der Waals surface area contributed by atoms with Crippen LogP contribution in [0.2, 0.25) is 0 Å². The first-order valence-electron chi connectivity index (χ1n) is 10.9. The van der Waals surface area contributed by atoms with Gasteiger partial charge < -0.3 is 4.74 Å². The molecule has 8 fully saturated rings. The van der Waals surface area contributed by atoms with Crippen molar-refractivity contribution in [2.45, 2.75) is 64.2 Å². The highest BCUT2D eigenvalue weighted by molar-refractivity contribution is 4.99. The molecule has 1 heteroatoms. The molecule has 0 aromatic carbocycles. The third-order valence-electron chi connectivity index (χ3n) is 9.46. The minimum absolute atomic E-state index is 0.944. The van der Waals surface area contributed by atoms with E-state index in [1.54, 1.807) is 64.2 Å². The third kappa shape index (κ3) is 2.28. The molecule has 8 bridgehead atoms. The molecule has 8 aliphatic rings. The third-order valence-corrected chi connectivity index (χ3v) is 9.46. The maximum absolute atomic E-state index is 6.49. The maximum atomic E-state index is 6.49. The van der Waals surface area contributed by atoms with Gasteiger partial charge in [-0.05, 0) is 123 Å². The Balaban J connectivity index is 1.07. The lowest BCUT2D eigenvalue weighted by atomic mass is 9.52. The molecular weight excluding hydrogens is 280 g/mol. The Labute approximate surface area is 141 Å². The van der Waals surface area contributed by atoms with Gasteiger partial charge in [0.2, 0.25) is 0 Å². The van der Waals surface area contributed by atoms with Crippen LogP contribution in [0.25, 0.3) is 0 Å². The summed E-state index contributed by atoms with van der Waals surface area (Å²) < 4.78 is 6.49. The van der Waals surface area contributed by atoms with Crippen LogP contribution in [0.4, 0.5) is 0 Å². The molecule has 0 unspecified atom stereocenters. The highest BCUT2D eigenvalue weighted by atomic mass is 16.5. The van der Waals surface area contributed by atoms with Gasteiger partial charge in [-0.15, -0.1) is 0 Å². The van der Waals surface area contributed by atoms with Gasteiger partial charge in [0.25, 0.3) is 0 Å². The van der Waals surface area contributed by atoms with Crippen molar-refractivity contribution in [2.75, 3.05) is 13.2 Å². The maximum Gasteiger partial charge on any atom is 0.0499 e. The molecule has 23 heavy (non-hydrogen) atoms. The van der Waals surface area contributed by atoms with Crippen molar-refractivity contribution in [1.29, 1.82) is 0 Å². The Bertz CT molecular complexity index is 371. The Kier molecular flexibility index (Phi) is 3.22. The Morgan fingerprint density at radius 3 is 1.04 bits per heavy atom. The zero-order valence-corrected chi connectivity index (χ0v) is 14.7. The zero-order valence-electron chi connectivity index (χ0n) is 14.7. The average molecular weight is 315 g/mol. The minimum Gasteiger partial charge on any atom is -0.381 e. The van der Waals surface area contributed by atoms with Crippen molar-refractivity contribution in [3.05, 3.63) is 0 Å². The van der Waals surface area contributed by atoms with Crippen LogP contribution < -0.4 is 0 Å². The van der Waals surface area contributed by atoms with E-state index >= 15 is 0 Å². The number of rotatable bonds is 4. The Morgan fingerprint density at radius 1 is 0.435 bits per heavy atom. The lowest BCUT2D eigenvalue weighted by Gasteiger charge is -2.55. The predicted molar refractivity (Wildman–Crippen MR) is 91.9 cm³/mol. The molecule has 0 spiro atoms. The molecule has 8 aliphatic carbocycles. The van der Waals surface area contributed by atoms with Crippen LogP contribution in [0, 0.1) is 59.2 Å². The second-order valence-corrected chi connectivity index (χ2v) is 10.7. The molecule has 8 saturated carbocycles. The van der Waals surface area contributed by atoms with Crippen LogP contribution in [0.3, 0.4) is 0 Å². The molecule has 8 rings (SSSR count). The van der Waals surface area contributed by atoms with Gasteiger partial charge in [0.1, 0.15) is 0 Å². The first-order chi connectivity index (χ1) is 11.3. The summed E-state index contributed by atoms with van der Waals surface area (Å²) in [5.41, 5.74) is 0. The minimum atomic E-state index is 0.944. The Hall–Kier alpha value is -0.0400. The van der Waals surface area contributed by atoms with Crippen LogP contribution in [-0.4, -0.2) is 13.2 Å². The molecule has 0 aromatic rings. The van der Waals surface area contributed by atoms with E-state index in [-0.39, 0.29) is 0 Å². The standard InChI is InChI=1S/C22H34O/c1-13-3-17-5-14(1)6-18(4-13)21(17)11-23-12-22-19-7-15-2-16(9-19)10-20(22)8-15/h13-22H,1-12H2. The van der Waals surface area contributed by atoms with E-state index in [1.807, 2.05) is 0 Å². The molecule has 0 aromatic heterocycles. The summed E-state index contributed by atoms with van der Waals surface area (Å²) in [5, 5.41) is 0. The summed E-state index contributed by atoms with van der Waals surface area (Å²) >= 11 is 0. The highest BCUT2D eigenvalue weighted by Gasteiger charge is 2.50. The van der Waals surface area contributed by atoms with Crippen LogP contribution in [0.5, 0.6) is 0 Å². The molecule has 128 valence electrons. The molecule has 0 heterocycles. The van der Waals surface area contributed by atoms with Crippen molar-refractivity contribution in [2.24, 2.45) is 59.2 Å². The van der Waals surface area contributed by atoms with Gasteiger partial charge in [-0.25, -0.2) is 0 Å². The second kappa shape index (κ2) is 5.23. The first kappa shape index (κ1) is 14.2. The fraction of sp³-hybridized carbons (Fsp3) is 1.00. The summed E-state index contributed by atoms with van der Waals surface area (Å²) in [7, 11) is 0. The largest absolute Gasteiger partial charge is 0.381 e. The van der Waals surface area contributed by atoms with Crippen molar-refractivity contribution in [1.82, 2.24) is 0 Å². The molecule has 0 amide bonds. The van der Waals surface area contributed by atoms with Crippen molar-refractivity contribution < 1.29 is 4.74 Å². The van der Waals surface area contributed by atoms with E-state index in [0.29, 0.717) is 0 Å². The lowest BCUT2D eigenvalue weighted by molar-refractivity contribution is -0.103. The lowest BCUT2D eigenvalue weighted by Crippen LogP contribution is -2.48. The van der Waals surface area contributed by atoms with Crippen molar-refractivity contribution >= 4 is 0 Å². The molecule has 0 aliphatic heterocycles. The zero-order chi connectivity index (χ0) is 15.0. The monoisotopic (exact) mass is 314 g/mol. The SMILES string of the molecule is C1C2CC3CC1CC(C2)C3COCC1C2CC3CC(C2)CC1C3. The normalized spacial score (nSPS) is 59.0. The van der Waals surface area contributed by atoms with Crippen molar-refractivity contribution in [3.8, 4) is 0 Å². The van der Waals surface area contributed by atoms with Gasteiger partial charge in [0.05, 0.1) is 0 Å². The fourth-order valence-electron chi connectivity index (χ4n) is 8.96. The Morgan fingerprint density at radius 2 is 0.739 bits per heavy atom. The van der Waals surface area contributed by atoms with Gasteiger partial charge in [0, 0.05) is 13.2 Å². The summed E-state index contributed by atoms with van der Waals surface area (Å²) in [6, 6.07) is 0. The average Bonchev–Trinajstić information content (AvgIpc) is 2.51. The van der Waals surface area contributed by atoms with E-state index in [9.17, 15) is 0 Å². The fourth-order valence-corrected chi connectivity index (χ4v) is 8.96. The van der Waals surface area contributed by atoms with E-state index in [0.717, 1.165) is 72.4 Å². The van der Waals surface area contributed by atoms with Gasteiger partial charge in [-0.2, -0.15) is 0 Å². The summed E-state index contributed by atoms with van der Waals surface area (Å²) in [5.74, 6) is 10.5. The van der Waals surface area contributed by atoms with Crippen LogP contribution in [-0.2, 0) is 4.74 Å². The van der Waals surface area contributed by atoms with Crippen LogP contribution >= 0.6 is 0 Å². The summed E-state index contributed by atoms with van der Waals surface area (Å²) in [4.78, 5) is 0. The van der Waals surface area contributed by atoms with Gasteiger partial charge >= 0.3 is 0 Å². The number of ether oxygens (including phenoxy) is 1. The van der Waals surface area contributed by atoms with Gasteiger partial charge in [-0.1, -0.05) is 0 Å². The van der Waals surface area contributed by atoms with Crippen LogP contribution in [0.1, 0.15) is 64.2 Å². The summed E-state index contributed by atoms with van der Waals surface area (Å²) in [6.45, 7) is 2.25. The molecule has 0 saturated heterocycles. The topological polar surface area (TPSA) is 9.23 Å². The smallest absolute Gasteiger partial charge is 0.0499 e. The number of hydrogen-bond donors (Lipinski definition) is 0. The first-order valence-corrected chi connectivity index (χ1v) is 10.9. The summed E-state index contributed by atoms with van der Waals surface area (Å²) in [6.07, 6.45) is 15.6. The molecule has 0 N–H and O–H groups in total. The van der Waals surface area contributed by atoms with E-state index in [1.165, 1.54) is 0 Å². The second-order valence-electron chi connectivity index (χ2n) is 10.7. The number of hydrogen-bond acceptors (Lipinski definition) is 1. The predicted octanol–water partition coefficient (Wildman–Crippen LogP) is 5.15. The van der Waals surface area contributed by atoms with E-state index in [4.69, 9.17) is 4.74 Å². The van der Waals surface area contributed by atoms with E-state index in [2.05, 4.69) is 0 Å². The quantitative estimate of drug-likeness (QED) is 0.697. The van der Waals surface area contributed by atoms with E-state index < -0.39 is 0 Å². The molecule has 0 atom stereocenters. The molecule has 0 radical (unpaired) electrons. The van der Waals surface area contributed by atoms with Gasteiger partial charge in [-0.3, -0.25) is 0 Å². The highest BCUT2D eigenvalue weighted by Crippen LogP contribution is 2.58. The molecular formula is C22H34O. The van der Waals surface area contributed by atoms with Gasteiger partial charge in [0.15, 0.2) is 0 Å². The van der Waals surface area contributed by atoms with Crippen LogP contribution in [0.15, 0.2) is 0 Å². The molecule has 1 nitrogen and oxygen atoms in total. The van der Waals surface area contributed by atoms with Crippen molar-refractivity contribution in [3.63, 3.8) is 0 Å².